The van der Waals surface area contributed by atoms with Gasteiger partial charge in [-0.05, 0) is 48.4 Å². The van der Waals surface area contributed by atoms with Gasteiger partial charge in [-0.1, -0.05) is 62.7 Å². The van der Waals surface area contributed by atoms with Crippen LogP contribution in [0.1, 0.15) is 56.3 Å². The molecule has 2 aromatic rings. The van der Waals surface area contributed by atoms with E-state index in [0.717, 1.165) is 29.5 Å². The van der Waals surface area contributed by atoms with Crippen LogP contribution in [0.4, 0.5) is 0 Å². The monoisotopic (exact) mass is 357 g/mol. The van der Waals surface area contributed by atoms with Crippen LogP contribution >= 0.6 is 0 Å². The molecular weight excluding hydrogens is 330 g/mol. The number of hydrogen-bond donors (Lipinski definition) is 0. The van der Waals surface area contributed by atoms with Crippen LogP contribution in [0.25, 0.3) is 0 Å². The fourth-order valence-corrected chi connectivity index (χ4v) is 5.18. The standard InChI is InChI=1S/C21H27NO2S/c1-16-7-5-8-17(15-16)20-9-6-14-22(20)25(23,24)19-12-10-18(11-13-19)21(2,3)4/h5,7-8,10-13,15,20H,6,9,14H2,1-4H3. The minimum absolute atomic E-state index is 0.0139. The van der Waals surface area contributed by atoms with E-state index in [9.17, 15) is 8.42 Å². The molecule has 2 aromatic carbocycles. The van der Waals surface area contributed by atoms with E-state index < -0.39 is 10.0 Å². The predicted octanol–water partition coefficient (Wildman–Crippen LogP) is 4.82. The van der Waals surface area contributed by atoms with Gasteiger partial charge in [0, 0.05) is 6.54 Å². The second-order valence-electron chi connectivity index (χ2n) is 7.96. The lowest BCUT2D eigenvalue weighted by Crippen LogP contribution is -2.30. The third-order valence-electron chi connectivity index (χ3n) is 4.96. The van der Waals surface area contributed by atoms with E-state index in [0.29, 0.717) is 11.4 Å². The number of hydrogen-bond acceptors (Lipinski definition) is 2. The molecule has 0 saturated carbocycles. The van der Waals surface area contributed by atoms with Crippen LogP contribution in [0.2, 0.25) is 0 Å². The number of aryl methyl sites for hydroxylation is 1. The van der Waals surface area contributed by atoms with E-state index in [1.165, 1.54) is 0 Å². The Labute approximate surface area is 151 Å². The van der Waals surface area contributed by atoms with Crippen LogP contribution in [0.5, 0.6) is 0 Å². The smallest absolute Gasteiger partial charge is 0.207 e. The Morgan fingerprint density at radius 1 is 1.04 bits per heavy atom. The molecule has 1 aliphatic rings. The highest BCUT2D eigenvalue weighted by atomic mass is 32.2. The summed E-state index contributed by atoms with van der Waals surface area (Å²) in [5.41, 5.74) is 3.41. The molecular formula is C21H27NO2S. The summed E-state index contributed by atoms with van der Waals surface area (Å²) in [6.45, 7) is 9.02. The number of rotatable bonds is 3. The minimum atomic E-state index is -3.48. The molecule has 4 heteroatoms. The molecule has 3 rings (SSSR count). The normalized spacial score (nSPS) is 19.3. The van der Waals surface area contributed by atoms with Crippen LogP contribution in [0.15, 0.2) is 53.4 Å². The fourth-order valence-electron chi connectivity index (χ4n) is 3.50. The summed E-state index contributed by atoms with van der Waals surface area (Å²) in [5, 5.41) is 0. The van der Waals surface area contributed by atoms with Gasteiger partial charge in [-0.25, -0.2) is 8.42 Å². The summed E-state index contributed by atoms with van der Waals surface area (Å²) in [6, 6.07) is 15.5. The van der Waals surface area contributed by atoms with Crippen molar-refractivity contribution < 1.29 is 8.42 Å². The van der Waals surface area contributed by atoms with Crippen LogP contribution in [0.3, 0.4) is 0 Å². The highest BCUT2D eigenvalue weighted by Gasteiger charge is 2.36. The van der Waals surface area contributed by atoms with Gasteiger partial charge < -0.3 is 0 Å². The third-order valence-corrected chi connectivity index (χ3v) is 6.88. The Bertz CT molecular complexity index is 848. The van der Waals surface area contributed by atoms with Crippen molar-refractivity contribution in [2.24, 2.45) is 0 Å². The van der Waals surface area contributed by atoms with Crippen molar-refractivity contribution in [1.82, 2.24) is 4.31 Å². The first-order chi connectivity index (χ1) is 11.7. The molecule has 1 saturated heterocycles. The van der Waals surface area contributed by atoms with E-state index in [2.05, 4.69) is 26.8 Å². The molecule has 0 amide bonds. The molecule has 25 heavy (non-hydrogen) atoms. The maximum atomic E-state index is 13.2. The van der Waals surface area contributed by atoms with Gasteiger partial charge >= 0.3 is 0 Å². The number of nitrogens with zero attached hydrogens (tertiary/aromatic N) is 1. The van der Waals surface area contributed by atoms with Gasteiger partial charge in [-0.3, -0.25) is 0 Å². The molecule has 0 aromatic heterocycles. The molecule has 0 N–H and O–H groups in total. The largest absolute Gasteiger partial charge is 0.243 e. The lowest BCUT2D eigenvalue weighted by atomic mass is 9.87. The summed E-state index contributed by atoms with van der Waals surface area (Å²) in [7, 11) is -3.48. The Hall–Kier alpha value is -1.65. The molecule has 0 spiro atoms. The Kier molecular flexibility index (Phi) is 4.78. The van der Waals surface area contributed by atoms with E-state index in [-0.39, 0.29) is 11.5 Å². The molecule has 1 atom stereocenters. The molecule has 1 aliphatic heterocycles. The van der Waals surface area contributed by atoms with Crippen molar-refractivity contribution in [1.29, 1.82) is 0 Å². The number of benzene rings is 2. The summed E-state index contributed by atoms with van der Waals surface area (Å²) < 4.78 is 28.1. The van der Waals surface area contributed by atoms with Gasteiger partial charge in [-0.15, -0.1) is 0 Å². The highest BCUT2D eigenvalue weighted by molar-refractivity contribution is 7.89. The summed E-state index contributed by atoms with van der Waals surface area (Å²) >= 11 is 0. The first kappa shape index (κ1) is 18.2. The van der Waals surface area contributed by atoms with Crippen molar-refractivity contribution in [3.63, 3.8) is 0 Å². The maximum Gasteiger partial charge on any atom is 0.243 e. The fraction of sp³-hybridized carbons (Fsp3) is 0.429. The molecule has 0 bridgehead atoms. The van der Waals surface area contributed by atoms with E-state index in [4.69, 9.17) is 0 Å². The average molecular weight is 358 g/mol. The molecule has 0 radical (unpaired) electrons. The zero-order valence-corrected chi connectivity index (χ0v) is 16.3. The van der Waals surface area contributed by atoms with Crippen molar-refractivity contribution in [2.75, 3.05) is 6.54 Å². The quantitative estimate of drug-likeness (QED) is 0.790. The molecule has 3 nitrogen and oxygen atoms in total. The van der Waals surface area contributed by atoms with Crippen molar-refractivity contribution in [3.05, 3.63) is 65.2 Å². The molecule has 1 unspecified atom stereocenters. The Morgan fingerprint density at radius 3 is 2.32 bits per heavy atom. The van der Waals surface area contributed by atoms with Gasteiger partial charge in [0.2, 0.25) is 10.0 Å². The topological polar surface area (TPSA) is 37.4 Å². The van der Waals surface area contributed by atoms with E-state index in [1.54, 1.807) is 16.4 Å². The predicted molar refractivity (Wildman–Crippen MR) is 102 cm³/mol. The Morgan fingerprint density at radius 2 is 1.72 bits per heavy atom. The van der Waals surface area contributed by atoms with Gasteiger partial charge in [0.25, 0.3) is 0 Å². The second kappa shape index (κ2) is 6.58. The lowest BCUT2D eigenvalue weighted by Gasteiger charge is -2.25. The molecule has 134 valence electrons. The summed E-state index contributed by atoms with van der Waals surface area (Å²) in [4.78, 5) is 0.389. The van der Waals surface area contributed by atoms with Crippen LogP contribution in [-0.2, 0) is 15.4 Å². The van der Waals surface area contributed by atoms with Gasteiger partial charge in [0.1, 0.15) is 0 Å². The van der Waals surface area contributed by atoms with Crippen LogP contribution < -0.4 is 0 Å². The van der Waals surface area contributed by atoms with Gasteiger partial charge in [0.05, 0.1) is 10.9 Å². The molecule has 0 aliphatic carbocycles. The zero-order valence-electron chi connectivity index (χ0n) is 15.5. The first-order valence-corrected chi connectivity index (χ1v) is 10.3. The SMILES string of the molecule is Cc1cccc(C2CCCN2S(=O)(=O)c2ccc(C(C)(C)C)cc2)c1. The van der Waals surface area contributed by atoms with Crippen LogP contribution in [-0.4, -0.2) is 19.3 Å². The van der Waals surface area contributed by atoms with Crippen molar-refractivity contribution in [3.8, 4) is 0 Å². The minimum Gasteiger partial charge on any atom is -0.207 e. The summed E-state index contributed by atoms with van der Waals surface area (Å²) in [5.74, 6) is 0. The number of sulfonamides is 1. The van der Waals surface area contributed by atoms with Crippen molar-refractivity contribution >= 4 is 10.0 Å². The van der Waals surface area contributed by atoms with Gasteiger partial charge in [0.15, 0.2) is 0 Å². The zero-order chi connectivity index (χ0) is 18.2. The Balaban J connectivity index is 1.93. The molecule has 1 heterocycles. The average Bonchev–Trinajstić information content (AvgIpc) is 3.04. The van der Waals surface area contributed by atoms with Crippen molar-refractivity contribution in [2.45, 2.75) is 56.9 Å². The first-order valence-electron chi connectivity index (χ1n) is 8.88. The second-order valence-corrected chi connectivity index (χ2v) is 9.85. The highest BCUT2D eigenvalue weighted by Crippen LogP contribution is 2.37. The van der Waals surface area contributed by atoms with Gasteiger partial charge in [-0.2, -0.15) is 4.31 Å². The lowest BCUT2D eigenvalue weighted by molar-refractivity contribution is 0.396. The van der Waals surface area contributed by atoms with E-state index in [1.807, 2.05) is 37.3 Å². The maximum absolute atomic E-state index is 13.2. The molecule has 1 fully saturated rings. The van der Waals surface area contributed by atoms with Crippen LogP contribution in [0, 0.1) is 6.92 Å². The third kappa shape index (κ3) is 3.65. The summed E-state index contributed by atoms with van der Waals surface area (Å²) in [6.07, 6.45) is 1.78. The van der Waals surface area contributed by atoms with E-state index >= 15 is 0 Å².